The van der Waals surface area contributed by atoms with Gasteiger partial charge in [0.05, 0.1) is 0 Å². The molecular formula is C21H31BrN2OSi. The number of anilines is 1. The Morgan fingerprint density at radius 1 is 1.08 bits per heavy atom. The molecule has 1 aliphatic rings. The van der Waals surface area contributed by atoms with Crippen LogP contribution < -0.4 is 4.90 Å². The summed E-state index contributed by atoms with van der Waals surface area (Å²) in [6.45, 7) is 13.4. The molecule has 1 fully saturated rings. The molecule has 0 unspecified atom stereocenters. The second-order valence-electron chi connectivity index (χ2n) is 7.77. The molecule has 2 aromatic carbocycles. The third-order valence-electron chi connectivity index (χ3n) is 5.34. The van der Waals surface area contributed by atoms with Crippen molar-refractivity contribution < 1.29 is 4.43 Å². The predicted octanol–water partition coefficient (Wildman–Crippen LogP) is 5.36. The fourth-order valence-corrected chi connectivity index (χ4v) is 6.30. The highest BCUT2D eigenvalue weighted by molar-refractivity contribution is 9.10. The SMILES string of the molecule is CCO[Si](C)(C)CCCN1CCN(c2ccc3c(Br)cccc3c2)CC1. The maximum absolute atomic E-state index is 5.95. The highest BCUT2D eigenvalue weighted by Gasteiger charge is 2.22. The lowest BCUT2D eigenvalue weighted by Crippen LogP contribution is -2.47. The van der Waals surface area contributed by atoms with Gasteiger partial charge in [-0.2, -0.15) is 0 Å². The van der Waals surface area contributed by atoms with Crippen LogP contribution in [0.2, 0.25) is 19.1 Å². The van der Waals surface area contributed by atoms with Crippen molar-refractivity contribution in [1.82, 2.24) is 4.90 Å². The molecule has 0 N–H and O–H groups in total. The summed E-state index contributed by atoms with van der Waals surface area (Å²) in [5.74, 6) is 0. The van der Waals surface area contributed by atoms with Crippen LogP contribution in [-0.2, 0) is 4.43 Å². The second kappa shape index (κ2) is 8.87. The summed E-state index contributed by atoms with van der Waals surface area (Å²) in [6, 6.07) is 14.5. The van der Waals surface area contributed by atoms with E-state index >= 15 is 0 Å². The van der Waals surface area contributed by atoms with E-state index in [9.17, 15) is 0 Å². The molecule has 26 heavy (non-hydrogen) atoms. The number of benzene rings is 2. The fraction of sp³-hybridized carbons (Fsp3) is 0.524. The van der Waals surface area contributed by atoms with Crippen molar-refractivity contribution in [2.24, 2.45) is 0 Å². The van der Waals surface area contributed by atoms with Gasteiger partial charge in [0.15, 0.2) is 8.32 Å². The molecule has 0 radical (unpaired) electrons. The Balaban J connectivity index is 1.51. The molecule has 0 aliphatic carbocycles. The summed E-state index contributed by atoms with van der Waals surface area (Å²) in [5, 5.41) is 2.60. The molecular weight excluding hydrogens is 404 g/mol. The standard InChI is InChI=1S/C21H31BrN2OSi/c1-4-25-26(2,3)16-6-11-23-12-14-24(15-13-23)19-9-10-20-18(17-19)7-5-8-21(20)22/h5,7-10,17H,4,6,11-16H2,1-3H3. The molecule has 0 amide bonds. The van der Waals surface area contributed by atoms with Crippen molar-refractivity contribution >= 4 is 40.7 Å². The molecule has 2 aromatic rings. The molecule has 0 atom stereocenters. The first-order valence-electron chi connectivity index (χ1n) is 9.78. The largest absolute Gasteiger partial charge is 0.418 e. The van der Waals surface area contributed by atoms with Gasteiger partial charge in [0.25, 0.3) is 0 Å². The minimum Gasteiger partial charge on any atom is -0.418 e. The van der Waals surface area contributed by atoms with Crippen LogP contribution in [0.3, 0.4) is 0 Å². The normalized spacial score (nSPS) is 16.4. The first-order valence-corrected chi connectivity index (χ1v) is 13.7. The molecule has 1 saturated heterocycles. The highest BCUT2D eigenvalue weighted by atomic mass is 79.9. The topological polar surface area (TPSA) is 15.7 Å². The molecule has 3 nitrogen and oxygen atoms in total. The van der Waals surface area contributed by atoms with Crippen molar-refractivity contribution in [2.45, 2.75) is 32.5 Å². The number of piperazine rings is 1. The zero-order valence-electron chi connectivity index (χ0n) is 16.3. The fourth-order valence-electron chi connectivity index (χ4n) is 3.85. The molecule has 0 spiro atoms. The van der Waals surface area contributed by atoms with Crippen LogP contribution in [0.25, 0.3) is 10.8 Å². The van der Waals surface area contributed by atoms with Gasteiger partial charge in [-0.15, -0.1) is 0 Å². The van der Waals surface area contributed by atoms with E-state index in [2.05, 4.69) is 82.1 Å². The van der Waals surface area contributed by atoms with Crippen LogP contribution in [0.5, 0.6) is 0 Å². The van der Waals surface area contributed by atoms with E-state index in [4.69, 9.17) is 4.43 Å². The van der Waals surface area contributed by atoms with Crippen LogP contribution in [-0.4, -0.2) is 52.5 Å². The smallest absolute Gasteiger partial charge is 0.186 e. The average molecular weight is 435 g/mol. The Hall–Kier alpha value is -0.883. The number of hydrogen-bond acceptors (Lipinski definition) is 3. The van der Waals surface area contributed by atoms with E-state index in [0.29, 0.717) is 0 Å². The number of nitrogens with zero attached hydrogens (tertiary/aromatic N) is 2. The lowest BCUT2D eigenvalue weighted by molar-refractivity contribution is 0.255. The van der Waals surface area contributed by atoms with Crippen LogP contribution in [0.15, 0.2) is 40.9 Å². The van der Waals surface area contributed by atoms with Gasteiger partial charge in [0, 0.05) is 42.9 Å². The van der Waals surface area contributed by atoms with Crippen molar-refractivity contribution in [3.05, 3.63) is 40.9 Å². The molecule has 5 heteroatoms. The Bertz CT molecular complexity index is 729. The van der Waals surface area contributed by atoms with Gasteiger partial charge in [-0.05, 0) is 68.0 Å². The number of halogens is 1. The highest BCUT2D eigenvalue weighted by Crippen LogP contribution is 2.28. The van der Waals surface area contributed by atoms with E-state index in [1.807, 2.05) is 0 Å². The van der Waals surface area contributed by atoms with Crippen LogP contribution in [0.1, 0.15) is 13.3 Å². The van der Waals surface area contributed by atoms with Gasteiger partial charge in [0.2, 0.25) is 0 Å². The summed E-state index contributed by atoms with van der Waals surface area (Å²) in [7, 11) is -1.43. The lowest BCUT2D eigenvalue weighted by atomic mass is 10.1. The van der Waals surface area contributed by atoms with Crippen molar-refractivity contribution in [3.63, 3.8) is 0 Å². The van der Waals surface area contributed by atoms with E-state index < -0.39 is 8.32 Å². The Labute approximate surface area is 167 Å². The molecule has 0 saturated carbocycles. The molecule has 3 rings (SSSR count). The van der Waals surface area contributed by atoms with Gasteiger partial charge in [-0.25, -0.2) is 0 Å². The molecule has 0 bridgehead atoms. The minimum atomic E-state index is -1.43. The molecule has 142 valence electrons. The van der Waals surface area contributed by atoms with Crippen molar-refractivity contribution in [3.8, 4) is 0 Å². The van der Waals surface area contributed by atoms with Crippen molar-refractivity contribution in [2.75, 3.05) is 44.2 Å². The summed E-state index contributed by atoms with van der Waals surface area (Å²) in [4.78, 5) is 5.14. The van der Waals surface area contributed by atoms with Gasteiger partial charge >= 0.3 is 0 Å². The van der Waals surface area contributed by atoms with Crippen LogP contribution in [0.4, 0.5) is 5.69 Å². The molecule has 1 heterocycles. The second-order valence-corrected chi connectivity index (χ2v) is 12.9. The summed E-state index contributed by atoms with van der Waals surface area (Å²) < 4.78 is 7.12. The Morgan fingerprint density at radius 2 is 1.85 bits per heavy atom. The quantitative estimate of drug-likeness (QED) is 0.545. The van der Waals surface area contributed by atoms with Gasteiger partial charge in [-0.1, -0.05) is 34.1 Å². The average Bonchev–Trinajstić information content (AvgIpc) is 2.62. The van der Waals surface area contributed by atoms with E-state index in [0.717, 1.165) is 32.8 Å². The van der Waals surface area contributed by atoms with E-state index in [-0.39, 0.29) is 0 Å². The number of rotatable bonds is 7. The van der Waals surface area contributed by atoms with Gasteiger partial charge < -0.3 is 9.33 Å². The summed E-state index contributed by atoms with van der Waals surface area (Å²) >= 11 is 3.65. The van der Waals surface area contributed by atoms with Gasteiger partial charge in [0.1, 0.15) is 0 Å². The third-order valence-corrected chi connectivity index (χ3v) is 8.66. The molecule has 0 aromatic heterocycles. The summed E-state index contributed by atoms with van der Waals surface area (Å²) in [6.07, 6.45) is 1.27. The monoisotopic (exact) mass is 434 g/mol. The Kier molecular flexibility index (Phi) is 6.78. The van der Waals surface area contributed by atoms with Crippen molar-refractivity contribution in [1.29, 1.82) is 0 Å². The zero-order chi connectivity index (χ0) is 18.6. The van der Waals surface area contributed by atoms with Crippen LogP contribution >= 0.6 is 15.9 Å². The first-order chi connectivity index (χ1) is 12.5. The van der Waals surface area contributed by atoms with Crippen LogP contribution in [0, 0.1) is 0 Å². The van der Waals surface area contributed by atoms with Gasteiger partial charge in [-0.3, -0.25) is 4.90 Å². The number of fused-ring (bicyclic) bond motifs is 1. The lowest BCUT2D eigenvalue weighted by Gasteiger charge is -2.36. The van der Waals surface area contributed by atoms with E-state index in [1.165, 1.54) is 39.9 Å². The third kappa shape index (κ3) is 5.09. The number of hydrogen-bond donors (Lipinski definition) is 0. The zero-order valence-corrected chi connectivity index (χ0v) is 18.9. The summed E-state index contributed by atoms with van der Waals surface area (Å²) in [5.41, 5.74) is 1.35. The van der Waals surface area contributed by atoms with E-state index in [1.54, 1.807) is 0 Å². The minimum absolute atomic E-state index is 0.861. The first kappa shape index (κ1) is 19.9. The predicted molar refractivity (Wildman–Crippen MR) is 119 cm³/mol. The molecule has 1 aliphatic heterocycles. The maximum atomic E-state index is 5.95. The maximum Gasteiger partial charge on any atom is 0.186 e. The Morgan fingerprint density at radius 3 is 2.58 bits per heavy atom.